The molecule has 1 amide bonds. The van der Waals surface area contributed by atoms with Crippen LogP contribution in [0.5, 0.6) is 0 Å². The smallest absolute Gasteiger partial charge is 0.239 e. The molecule has 4 nitrogen and oxygen atoms in total. The Morgan fingerprint density at radius 1 is 1.37 bits per heavy atom. The van der Waals surface area contributed by atoms with Crippen LogP contribution in [0, 0.1) is 5.41 Å². The van der Waals surface area contributed by atoms with E-state index in [-0.39, 0.29) is 24.0 Å². The Labute approximate surface area is 116 Å². The average molecular weight is 268 g/mol. The number of aliphatic hydroxyl groups excluding tert-OH is 1. The quantitative estimate of drug-likeness (QED) is 0.795. The molecule has 2 fully saturated rings. The molecule has 1 unspecified atom stereocenters. The maximum absolute atomic E-state index is 12.4. The van der Waals surface area contributed by atoms with Crippen molar-refractivity contribution in [1.82, 2.24) is 10.2 Å². The monoisotopic (exact) mass is 268 g/mol. The lowest BCUT2D eigenvalue weighted by Crippen LogP contribution is -2.46. The van der Waals surface area contributed by atoms with Gasteiger partial charge in [-0.25, -0.2) is 0 Å². The number of carbonyl (C=O) groups excluding carboxylic acids is 1. The Morgan fingerprint density at radius 3 is 2.63 bits per heavy atom. The van der Waals surface area contributed by atoms with E-state index in [9.17, 15) is 9.90 Å². The second-order valence-electron chi connectivity index (χ2n) is 6.64. The van der Waals surface area contributed by atoms with Gasteiger partial charge in [0, 0.05) is 24.5 Å². The molecule has 2 N–H and O–H groups in total. The molecule has 1 atom stereocenters. The maximum Gasteiger partial charge on any atom is 0.239 e. The van der Waals surface area contributed by atoms with E-state index < -0.39 is 0 Å². The van der Waals surface area contributed by atoms with Crippen molar-refractivity contribution in [2.75, 3.05) is 19.7 Å². The third kappa shape index (κ3) is 3.48. The molecule has 0 aromatic heterocycles. The Hall–Kier alpha value is -0.610. The lowest BCUT2D eigenvalue weighted by Gasteiger charge is -2.38. The van der Waals surface area contributed by atoms with Gasteiger partial charge in [0.1, 0.15) is 0 Å². The minimum absolute atomic E-state index is 0.0145. The molecule has 0 aromatic rings. The van der Waals surface area contributed by atoms with Crippen LogP contribution < -0.4 is 5.32 Å². The van der Waals surface area contributed by atoms with Gasteiger partial charge in [-0.3, -0.25) is 4.79 Å². The number of hydrogen-bond acceptors (Lipinski definition) is 3. The summed E-state index contributed by atoms with van der Waals surface area (Å²) in [5, 5.41) is 13.1. The Bertz CT molecular complexity index is 311. The first kappa shape index (κ1) is 14.8. The zero-order valence-corrected chi connectivity index (χ0v) is 12.3. The highest BCUT2D eigenvalue weighted by Gasteiger charge is 2.39. The first-order valence-electron chi connectivity index (χ1n) is 7.72. The number of likely N-dealkylation sites (tertiary alicyclic amines) is 1. The van der Waals surface area contributed by atoms with Gasteiger partial charge in [0.25, 0.3) is 0 Å². The fraction of sp³-hybridized carbons (Fsp3) is 0.933. The summed E-state index contributed by atoms with van der Waals surface area (Å²) >= 11 is 0. The number of aliphatic hydroxyl groups is 1. The standard InChI is InChI=1S/C15H28N2O2/c1-12(2)16-13-6-9-17(14(13)19)10-15(11-18)7-4-3-5-8-15/h12-13,16,18H,3-11H2,1-2H3. The zero-order valence-electron chi connectivity index (χ0n) is 12.3. The van der Waals surface area contributed by atoms with Gasteiger partial charge in [0.05, 0.1) is 12.6 Å². The van der Waals surface area contributed by atoms with E-state index in [0.29, 0.717) is 6.04 Å². The number of nitrogens with one attached hydrogen (secondary N) is 1. The van der Waals surface area contributed by atoms with Gasteiger partial charge in [0.2, 0.25) is 5.91 Å². The van der Waals surface area contributed by atoms with Crippen molar-refractivity contribution in [3.05, 3.63) is 0 Å². The van der Waals surface area contributed by atoms with Crippen LogP contribution >= 0.6 is 0 Å². The third-order valence-electron chi connectivity index (χ3n) is 4.61. The molecule has 0 bridgehead atoms. The van der Waals surface area contributed by atoms with Gasteiger partial charge in [0.15, 0.2) is 0 Å². The lowest BCUT2D eigenvalue weighted by molar-refractivity contribution is -0.131. The molecule has 110 valence electrons. The highest BCUT2D eigenvalue weighted by atomic mass is 16.3. The van der Waals surface area contributed by atoms with Crippen molar-refractivity contribution >= 4 is 5.91 Å². The van der Waals surface area contributed by atoms with E-state index >= 15 is 0 Å². The summed E-state index contributed by atoms with van der Waals surface area (Å²) in [4.78, 5) is 14.3. The Balaban J connectivity index is 1.93. The summed E-state index contributed by atoms with van der Waals surface area (Å²) in [6.07, 6.45) is 6.68. The van der Waals surface area contributed by atoms with Crippen LogP contribution in [0.4, 0.5) is 0 Å². The number of rotatable bonds is 5. The summed E-state index contributed by atoms with van der Waals surface area (Å²) in [6.45, 7) is 5.96. The van der Waals surface area contributed by atoms with Gasteiger partial charge in [-0.15, -0.1) is 0 Å². The van der Waals surface area contributed by atoms with Crippen LogP contribution in [0.25, 0.3) is 0 Å². The highest BCUT2D eigenvalue weighted by Crippen LogP contribution is 2.37. The normalized spacial score (nSPS) is 27.3. The third-order valence-corrected chi connectivity index (χ3v) is 4.61. The average Bonchev–Trinajstić information content (AvgIpc) is 2.72. The van der Waals surface area contributed by atoms with Crippen molar-refractivity contribution in [3.63, 3.8) is 0 Å². The maximum atomic E-state index is 12.4. The number of carbonyl (C=O) groups is 1. The van der Waals surface area contributed by atoms with Gasteiger partial charge in [-0.2, -0.15) is 0 Å². The van der Waals surface area contributed by atoms with Crippen molar-refractivity contribution in [3.8, 4) is 0 Å². The van der Waals surface area contributed by atoms with Crippen molar-refractivity contribution in [2.45, 2.75) is 64.5 Å². The first-order valence-corrected chi connectivity index (χ1v) is 7.72. The summed E-state index contributed by atoms with van der Waals surface area (Å²) in [5.41, 5.74) is -0.0272. The van der Waals surface area contributed by atoms with E-state index in [1.807, 2.05) is 4.90 Å². The SMILES string of the molecule is CC(C)NC1CCN(CC2(CO)CCCCC2)C1=O. The van der Waals surface area contributed by atoms with Gasteiger partial charge in [-0.05, 0) is 19.3 Å². The molecule has 1 saturated carbocycles. The second kappa shape index (κ2) is 6.23. The molecule has 0 aromatic carbocycles. The van der Waals surface area contributed by atoms with Crippen molar-refractivity contribution in [2.24, 2.45) is 5.41 Å². The van der Waals surface area contributed by atoms with E-state index in [4.69, 9.17) is 0 Å². The fourth-order valence-electron chi connectivity index (χ4n) is 3.53. The topological polar surface area (TPSA) is 52.6 Å². The van der Waals surface area contributed by atoms with Crippen molar-refractivity contribution < 1.29 is 9.90 Å². The highest BCUT2D eigenvalue weighted by molar-refractivity contribution is 5.84. The predicted octanol–water partition coefficient (Wildman–Crippen LogP) is 1.53. The molecule has 0 radical (unpaired) electrons. The summed E-state index contributed by atoms with van der Waals surface area (Å²) in [5.74, 6) is 0.229. The van der Waals surface area contributed by atoms with Crippen LogP contribution in [0.3, 0.4) is 0 Å². The summed E-state index contributed by atoms with van der Waals surface area (Å²) < 4.78 is 0. The molecule has 1 aliphatic heterocycles. The molecule has 0 spiro atoms. The Morgan fingerprint density at radius 2 is 2.05 bits per heavy atom. The van der Waals surface area contributed by atoms with Gasteiger partial charge < -0.3 is 15.3 Å². The molecular weight excluding hydrogens is 240 g/mol. The molecular formula is C15H28N2O2. The molecule has 4 heteroatoms. The van der Waals surface area contributed by atoms with E-state index in [1.54, 1.807) is 0 Å². The first-order chi connectivity index (χ1) is 9.06. The minimum atomic E-state index is -0.0272. The van der Waals surface area contributed by atoms with Gasteiger partial charge in [-0.1, -0.05) is 33.1 Å². The predicted molar refractivity (Wildman–Crippen MR) is 75.9 cm³/mol. The van der Waals surface area contributed by atoms with E-state index in [0.717, 1.165) is 32.4 Å². The van der Waals surface area contributed by atoms with Crippen molar-refractivity contribution in [1.29, 1.82) is 0 Å². The number of amides is 1. The van der Waals surface area contributed by atoms with Crippen LogP contribution in [-0.4, -0.2) is 47.7 Å². The Kier molecular flexibility index (Phi) is 4.85. The molecule has 1 aliphatic carbocycles. The number of hydrogen-bond donors (Lipinski definition) is 2. The van der Waals surface area contributed by atoms with Crippen LogP contribution in [0.2, 0.25) is 0 Å². The largest absolute Gasteiger partial charge is 0.396 e. The van der Waals surface area contributed by atoms with E-state index in [2.05, 4.69) is 19.2 Å². The zero-order chi connectivity index (χ0) is 13.9. The lowest BCUT2D eigenvalue weighted by atomic mass is 9.74. The summed E-state index contributed by atoms with van der Waals surface area (Å²) in [6, 6.07) is 0.328. The van der Waals surface area contributed by atoms with Crippen LogP contribution in [0.1, 0.15) is 52.4 Å². The molecule has 19 heavy (non-hydrogen) atoms. The molecule has 2 aliphatic rings. The van der Waals surface area contributed by atoms with Gasteiger partial charge >= 0.3 is 0 Å². The van der Waals surface area contributed by atoms with E-state index in [1.165, 1.54) is 19.3 Å². The summed E-state index contributed by atoms with van der Waals surface area (Å²) in [7, 11) is 0. The number of nitrogens with zero attached hydrogens (tertiary/aromatic N) is 1. The molecule has 1 saturated heterocycles. The molecule has 2 rings (SSSR count). The van der Waals surface area contributed by atoms with Crippen LogP contribution in [0.15, 0.2) is 0 Å². The molecule has 1 heterocycles. The second-order valence-corrected chi connectivity index (χ2v) is 6.64. The van der Waals surface area contributed by atoms with Crippen LogP contribution in [-0.2, 0) is 4.79 Å². The fourth-order valence-corrected chi connectivity index (χ4v) is 3.53. The minimum Gasteiger partial charge on any atom is -0.396 e.